The van der Waals surface area contributed by atoms with Gasteiger partial charge in [-0.15, -0.1) is 6.58 Å². The molecule has 0 saturated heterocycles. The third kappa shape index (κ3) is 17.7. The van der Waals surface area contributed by atoms with Gasteiger partial charge in [0.05, 0.1) is 6.54 Å². The molecule has 1 aromatic carbocycles. The minimum atomic E-state index is -4.53. The molecule has 3 atom stereocenters. The number of nitrogens with zero attached hydrogens (tertiary/aromatic N) is 3. The number of rotatable bonds is 18. The van der Waals surface area contributed by atoms with E-state index in [1.807, 2.05) is 51.1 Å². The van der Waals surface area contributed by atoms with E-state index >= 15 is 0 Å². The van der Waals surface area contributed by atoms with Gasteiger partial charge in [0.15, 0.2) is 0 Å². The zero-order valence-corrected chi connectivity index (χ0v) is 29.5. The predicted molar refractivity (Wildman–Crippen MR) is 181 cm³/mol. The van der Waals surface area contributed by atoms with E-state index in [4.69, 9.17) is 9.47 Å². The number of esters is 2. The summed E-state index contributed by atoms with van der Waals surface area (Å²) in [6.07, 6.45) is 0.117. The van der Waals surface area contributed by atoms with Crippen molar-refractivity contribution in [2.24, 2.45) is 10.4 Å². The van der Waals surface area contributed by atoms with E-state index in [-0.39, 0.29) is 24.4 Å². The maximum atomic E-state index is 13.5. The molecule has 0 bridgehead atoms. The Morgan fingerprint density at radius 3 is 2.12 bits per heavy atom. The van der Waals surface area contributed by atoms with Crippen molar-refractivity contribution in [3.05, 3.63) is 60.7 Å². The van der Waals surface area contributed by atoms with E-state index in [9.17, 15) is 32.3 Å². The molecule has 2 amide bonds. The van der Waals surface area contributed by atoms with Crippen LogP contribution >= 0.6 is 0 Å². The quantitative estimate of drug-likeness (QED) is 0.0514. The largest absolute Gasteiger partial charge is 0.458 e. The number of allylic oxidation sites excluding steroid dienone is 1. The number of hydrogen-bond donors (Lipinski definition) is 1. The lowest BCUT2D eigenvalue weighted by Crippen LogP contribution is -2.47. The number of amidine groups is 1. The van der Waals surface area contributed by atoms with Crippen molar-refractivity contribution in [2.75, 3.05) is 26.2 Å². The Morgan fingerprint density at radius 1 is 1.04 bits per heavy atom. The zero-order valence-electron chi connectivity index (χ0n) is 29.5. The van der Waals surface area contributed by atoms with Crippen molar-refractivity contribution in [3.63, 3.8) is 0 Å². The van der Waals surface area contributed by atoms with Gasteiger partial charge in [0.2, 0.25) is 18.3 Å². The van der Waals surface area contributed by atoms with Gasteiger partial charge in [-0.2, -0.15) is 13.2 Å². The number of nitrogens with one attached hydrogen (secondary N) is 1. The highest BCUT2D eigenvalue weighted by atomic mass is 19.4. The summed E-state index contributed by atoms with van der Waals surface area (Å²) < 4.78 is 50.6. The van der Waals surface area contributed by atoms with Crippen LogP contribution in [-0.2, 0) is 35.2 Å². The molecule has 10 nitrogen and oxygen atoms in total. The number of hydrogen-bond acceptors (Lipinski definition) is 7. The summed E-state index contributed by atoms with van der Waals surface area (Å²) in [7, 11) is 0. The van der Waals surface area contributed by atoms with Crippen molar-refractivity contribution >= 4 is 30.1 Å². The summed E-state index contributed by atoms with van der Waals surface area (Å²) >= 11 is 0. The summed E-state index contributed by atoms with van der Waals surface area (Å²) in [5.74, 6) is -2.40. The number of ether oxygens (including phenoxy) is 2. The van der Waals surface area contributed by atoms with E-state index in [0.717, 1.165) is 5.56 Å². The molecule has 270 valence electrons. The highest BCUT2D eigenvalue weighted by Gasteiger charge is 2.41. The van der Waals surface area contributed by atoms with Crippen LogP contribution < -0.4 is 5.32 Å². The molecule has 48 heavy (non-hydrogen) atoms. The van der Waals surface area contributed by atoms with Crippen molar-refractivity contribution < 1.29 is 41.8 Å². The molecule has 0 fully saturated rings. The molecule has 0 aliphatic carbocycles. The van der Waals surface area contributed by atoms with Crippen LogP contribution in [0.1, 0.15) is 73.8 Å². The Bertz CT molecular complexity index is 1200. The number of alkyl halides is 3. The highest BCUT2D eigenvalue weighted by molar-refractivity contribution is 5.88. The van der Waals surface area contributed by atoms with Crippen LogP contribution in [0.4, 0.5) is 13.2 Å². The van der Waals surface area contributed by atoms with E-state index in [1.54, 1.807) is 30.9 Å². The van der Waals surface area contributed by atoms with Crippen LogP contribution in [0.2, 0.25) is 0 Å². The van der Waals surface area contributed by atoms with Gasteiger partial charge in [-0.1, -0.05) is 62.4 Å². The van der Waals surface area contributed by atoms with Crippen LogP contribution in [0.25, 0.3) is 0 Å². The van der Waals surface area contributed by atoms with Crippen LogP contribution in [0, 0.1) is 5.41 Å². The fourth-order valence-corrected chi connectivity index (χ4v) is 4.58. The Kier molecular flexibility index (Phi) is 20.5. The summed E-state index contributed by atoms with van der Waals surface area (Å²) in [5.41, 5.74) is 0.753. The van der Waals surface area contributed by atoms with Gasteiger partial charge < -0.3 is 24.6 Å². The number of carbonyl (C=O) groups is 4. The smallest absolute Gasteiger partial charge is 0.449 e. The van der Waals surface area contributed by atoms with Crippen molar-refractivity contribution in [1.29, 1.82) is 0 Å². The normalized spacial score (nSPS) is 13.7. The number of benzene rings is 1. The number of likely N-dealkylation sites (N-methyl/N-ethyl adjacent to an activating group) is 1. The third-order valence-electron chi connectivity index (χ3n) is 7.14. The summed E-state index contributed by atoms with van der Waals surface area (Å²) in [4.78, 5) is 52.0. The lowest BCUT2D eigenvalue weighted by atomic mass is 9.85. The second-order valence-electron chi connectivity index (χ2n) is 11.8. The standard InChI is InChI=1S/C18H30F3N3O.C17H23NO5/c1-6-8-15(3)24(16(18(19,20)21)23-11-7-2)13-10-17(4,5)9-12-22-14-25;1-5-18(11-15-9-7-6-8-10-15)17(21)16(23-14(4)20)12(2)22-13(3)19/h6-8,14-15H,2,9-13H2,1,3-5H3,(H,22,25);6-10,12,16H,5,11H2,1-4H3/b8-6-,23-16?;/t;12-,16+/m.0/s1. The number of aliphatic imine (C=N–C) groups is 1. The predicted octanol–water partition coefficient (Wildman–Crippen LogP) is 5.87. The molecular formula is C35H53F3N4O6. The minimum Gasteiger partial charge on any atom is -0.458 e. The fourth-order valence-electron chi connectivity index (χ4n) is 4.58. The molecular weight excluding hydrogens is 629 g/mol. The maximum absolute atomic E-state index is 13.5. The first kappa shape index (κ1) is 43.8. The molecule has 0 aliphatic heterocycles. The lowest BCUT2D eigenvalue weighted by Gasteiger charge is -2.35. The molecule has 1 N–H and O–H groups in total. The maximum Gasteiger partial charge on any atom is 0.449 e. The van der Waals surface area contributed by atoms with Crippen LogP contribution in [0.5, 0.6) is 0 Å². The number of carbonyl (C=O) groups excluding carboxylic acids is 4. The number of halogens is 3. The first-order valence-electron chi connectivity index (χ1n) is 15.9. The highest BCUT2D eigenvalue weighted by Crippen LogP contribution is 2.28. The second kappa shape index (κ2) is 22.4. The van der Waals surface area contributed by atoms with E-state index in [2.05, 4.69) is 16.9 Å². The summed E-state index contributed by atoms with van der Waals surface area (Å²) in [6, 6.07) is 9.06. The van der Waals surface area contributed by atoms with Gasteiger partial charge in [0.1, 0.15) is 6.10 Å². The van der Waals surface area contributed by atoms with Gasteiger partial charge in [0, 0.05) is 46.1 Å². The average Bonchev–Trinajstić information content (AvgIpc) is 2.99. The molecule has 0 radical (unpaired) electrons. The number of amides is 2. The van der Waals surface area contributed by atoms with Gasteiger partial charge in [-0.25, -0.2) is 0 Å². The topological polar surface area (TPSA) is 118 Å². The van der Waals surface area contributed by atoms with E-state index < -0.39 is 42.2 Å². The van der Waals surface area contributed by atoms with Gasteiger partial charge in [0.25, 0.3) is 5.91 Å². The van der Waals surface area contributed by atoms with Crippen LogP contribution in [0.15, 0.2) is 60.1 Å². The molecule has 1 aromatic rings. The monoisotopic (exact) mass is 682 g/mol. The van der Waals surface area contributed by atoms with Crippen LogP contribution in [-0.4, -0.2) is 90.5 Å². The zero-order chi connectivity index (χ0) is 36.9. The lowest BCUT2D eigenvalue weighted by molar-refractivity contribution is -0.173. The van der Waals surface area contributed by atoms with Crippen molar-refractivity contribution in [3.8, 4) is 0 Å². The van der Waals surface area contributed by atoms with Gasteiger partial charge in [-0.05, 0) is 51.5 Å². The van der Waals surface area contributed by atoms with Crippen LogP contribution in [0.3, 0.4) is 0 Å². The first-order valence-corrected chi connectivity index (χ1v) is 15.9. The van der Waals surface area contributed by atoms with Gasteiger partial charge >= 0.3 is 18.1 Å². The molecule has 1 unspecified atom stereocenters. The van der Waals surface area contributed by atoms with Gasteiger partial charge in [-0.3, -0.25) is 24.2 Å². The van der Waals surface area contributed by atoms with E-state index in [0.29, 0.717) is 38.9 Å². The average molecular weight is 683 g/mol. The Morgan fingerprint density at radius 2 is 1.65 bits per heavy atom. The Hall–Kier alpha value is -4.16. The van der Waals surface area contributed by atoms with E-state index in [1.165, 1.54) is 31.7 Å². The third-order valence-corrected chi connectivity index (χ3v) is 7.14. The second-order valence-corrected chi connectivity index (χ2v) is 11.8. The fraction of sp³-hybridized carbons (Fsp3) is 0.571. The SMILES string of the molecule is C=CCN=C(N(CCC(C)(C)CCNC=O)C(C)/C=C\C)C(F)(F)F.CCN(Cc1ccccc1)C(=O)[C@H](OC(C)=O)[C@H](C)OC(C)=O. The van der Waals surface area contributed by atoms with Crippen molar-refractivity contribution in [2.45, 2.75) is 99.2 Å². The molecule has 0 aliphatic rings. The molecule has 0 saturated carbocycles. The Labute approximate surface area is 283 Å². The summed E-state index contributed by atoms with van der Waals surface area (Å²) in [6.45, 7) is 18.2. The molecule has 0 spiro atoms. The minimum absolute atomic E-state index is 0.0828. The van der Waals surface area contributed by atoms with Crippen molar-refractivity contribution in [1.82, 2.24) is 15.1 Å². The molecule has 0 aromatic heterocycles. The molecule has 0 heterocycles. The molecule has 1 rings (SSSR count). The molecule has 13 heteroatoms. The first-order chi connectivity index (χ1) is 22.4. The summed E-state index contributed by atoms with van der Waals surface area (Å²) in [5, 5.41) is 2.59. The Balaban J connectivity index is 0.000000923.